The van der Waals surface area contributed by atoms with Crippen LogP contribution in [-0.4, -0.2) is 36.8 Å². The SMILES string of the molecule is CSCC(C)CNC1CCOC2(CCC2)C1. The Labute approximate surface area is 104 Å². The van der Waals surface area contributed by atoms with Crippen LogP contribution >= 0.6 is 11.8 Å². The second-order valence-electron chi connectivity index (χ2n) is 5.54. The van der Waals surface area contributed by atoms with E-state index in [0.29, 0.717) is 11.6 Å². The van der Waals surface area contributed by atoms with E-state index in [2.05, 4.69) is 18.5 Å². The van der Waals surface area contributed by atoms with E-state index < -0.39 is 0 Å². The summed E-state index contributed by atoms with van der Waals surface area (Å²) in [6, 6.07) is 0.707. The van der Waals surface area contributed by atoms with Gasteiger partial charge in [0, 0.05) is 12.6 Å². The molecule has 1 aliphatic heterocycles. The summed E-state index contributed by atoms with van der Waals surface area (Å²) in [5, 5.41) is 3.74. The summed E-state index contributed by atoms with van der Waals surface area (Å²) in [5.41, 5.74) is 0.290. The van der Waals surface area contributed by atoms with E-state index in [-0.39, 0.29) is 0 Å². The maximum Gasteiger partial charge on any atom is 0.0697 e. The minimum Gasteiger partial charge on any atom is -0.375 e. The molecular weight excluding hydrogens is 218 g/mol. The van der Waals surface area contributed by atoms with Crippen molar-refractivity contribution in [1.82, 2.24) is 5.32 Å². The van der Waals surface area contributed by atoms with Crippen LogP contribution in [0.3, 0.4) is 0 Å². The molecule has 0 aromatic rings. The lowest BCUT2D eigenvalue weighted by Crippen LogP contribution is -2.51. The van der Waals surface area contributed by atoms with E-state index in [1.165, 1.54) is 44.4 Å². The second kappa shape index (κ2) is 5.74. The van der Waals surface area contributed by atoms with Crippen LogP contribution in [0.25, 0.3) is 0 Å². The van der Waals surface area contributed by atoms with Crippen molar-refractivity contribution >= 4 is 11.8 Å². The van der Waals surface area contributed by atoms with Gasteiger partial charge in [0.1, 0.15) is 0 Å². The van der Waals surface area contributed by atoms with Crippen LogP contribution in [0.2, 0.25) is 0 Å². The van der Waals surface area contributed by atoms with Crippen molar-refractivity contribution in [3.63, 3.8) is 0 Å². The lowest BCUT2D eigenvalue weighted by molar-refractivity contribution is -0.135. The van der Waals surface area contributed by atoms with Crippen molar-refractivity contribution in [3.05, 3.63) is 0 Å². The largest absolute Gasteiger partial charge is 0.375 e. The number of ether oxygens (including phenoxy) is 1. The number of rotatable bonds is 5. The fourth-order valence-corrected chi connectivity index (χ4v) is 3.52. The zero-order chi connectivity index (χ0) is 11.4. The van der Waals surface area contributed by atoms with Crippen molar-refractivity contribution in [2.45, 2.75) is 50.7 Å². The number of hydrogen-bond acceptors (Lipinski definition) is 3. The van der Waals surface area contributed by atoms with Crippen LogP contribution in [-0.2, 0) is 4.74 Å². The van der Waals surface area contributed by atoms with Crippen molar-refractivity contribution in [2.75, 3.05) is 25.2 Å². The van der Waals surface area contributed by atoms with Gasteiger partial charge in [-0.15, -0.1) is 0 Å². The van der Waals surface area contributed by atoms with Crippen molar-refractivity contribution in [3.8, 4) is 0 Å². The standard InChI is InChI=1S/C13H25NOS/c1-11(10-16-2)9-14-12-4-7-15-13(8-12)5-3-6-13/h11-12,14H,3-10H2,1-2H3. The molecule has 1 spiro atoms. The van der Waals surface area contributed by atoms with Crippen LogP contribution < -0.4 is 5.32 Å². The third-order valence-corrected chi connectivity index (χ3v) is 4.87. The Balaban J connectivity index is 1.69. The highest BCUT2D eigenvalue weighted by Gasteiger charge is 2.42. The van der Waals surface area contributed by atoms with Crippen LogP contribution in [0.15, 0.2) is 0 Å². The van der Waals surface area contributed by atoms with Crippen molar-refractivity contribution in [2.24, 2.45) is 5.92 Å². The molecule has 0 radical (unpaired) electrons. The van der Waals surface area contributed by atoms with Gasteiger partial charge in [-0.25, -0.2) is 0 Å². The van der Waals surface area contributed by atoms with Gasteiger partial charge >= 0.3 is 0 Å². The van der Waals surface area contributed by atoms with Crippen molar-refractivity contribution < 1.29 is 4.74 Å². The second-order valence-corrected chi connectivity index (χ2v) is 6.45. The van der Waals surface area contributed by atoms with Gasteiger partial charge in [-0.3, -0.25) is 0 Å². The fourth-order valence-electron chi connectivity index (χ4n) is 2.83. The molecule has 0 bridgehead atoms. The first-order valence-corrected chi connectivity index (χ1v) is 8.00. The van der Waals surface area contributed by atoms with Gasteiger partial charge in [0.2, 0.25) is 0 Å². The van der Waals surface area contributed by atoms with E-state index in [9.17, 15) is 0 Å². The van der Waals surface area contributed by atoms with Gasteiger partial charge < -0.3 is 10.1 Å². The molecule has 2 aliphatic rings. The Morgan fingerprint density at radius 1 is 1.50 bits per heavy atom. The normalized spacial score (nSPS) is 30.0. The first kappa shape index (κ1) is 12.7. The molecule has 2 unspecified atom stereocenters. The van der Waals surface area contributed by atoms with Crippen LogP contribution in [0.5, 0.6) is 0 Å². The van der Waals surface area contributed by atoms with Crippen LogP contribution in [0.4, 0.5) is 0 Å². The number of hydrogen-bond donors (Lipinski definition) is 1. The molecule has 2 fully saturated rings. The average Bonchev–Trinajstić information content (AvgIpc) is 2.25. The average molecular weight is 243 g/mol. The summed E-state index contributed by atoms with van der Waals surface area (Å²) in [6.07, 6.45) is 8.60. The highest BCUT2D eigenvalue weighted by atomic mass is 32.2. The molecule has 1 N–H and O–H groups in total. The molecule has 1 saturated carbocycles. The number of thioether (sulfide) groups is 1. The van der Waals surface area contributed by atoms with Crippen molar-refractivity contribution in [1.29, 1.82) is 0 Å². The molecule has 16 heavy (non-hydrogen) atoms. The summed E-state index contributed by atoms with van der Waals surface area (Å²) in [4.78, 5) is 0. The van der Waals surface area contributed by atoms with Crippen LogP contribution in [0.1, 0.15) is 39.0 Å². The number of nitrogens with one attached hydrogen (secondary N) is 1. The smallest absolute Gasteiger partial charge is 0.0697 e. The predicted octanol–water partition coefficient (Wildman–Crippen LogP) is 2.68. The highest BCUT2D eigenvalue weighted by Crippen LogP contribution is 2.42. The third-order valence-electron chi connectivity index (χ3n) is 3.96. The molecule has 0 aromatic heterocycles. The zero-order valence-electron chi connectivity index (χ0n) is 10.6. The molecule has 1 saturated heterocycles. The minimum absolute atomic E-state index is 0.290. The zero-order valence-corrected chi connectivity index (χ0v) is 11.4. The fraction of sp³-hybridized carbons (Fsp3) is 1.00. The predicted molar refractivity (Wildman–Crippen MR) is 71.1 cm³/mol. The summed E-state index contributed by atoms with van der Waals surface area (Å²) >= 11 is 1.95. The lowest BCUT2D eigenvalue weighted by Gasteiger charge is -2.47. The van der Waals surface area contributed by atoms with E-state index in [0.717, 1.165) is 12.5 Å². The maximum absolute atomic E-state index is 5.94. The van der Waals surface area contributed by atoms with Gasteiger partial charge in [0.15, 0.2) is 0 Å². The molecule has 3 heteroatoms. The molecular formula is C13H25NOS. The molecule has 94 valence electrons. The Bertz CT molecular complexity index is 218. The van der Waals surface area contributed by atoms with Gasteiger partial charge in [0.25, 0.3) is 0 Å². The Morgan fingerprint density at radius 3 is 2.94 bits per heavy atom. The van der Waals surface area contributed by atoms with E-state index >= 15 is 0 Å². The summed E-state index contributed by atoms with van der Waals surface area (Å²) in [7, 11) is 0. The van der Waals surface area contributed by atoms with E-state index in [1.54, 1.807) is 0 Å². The van der Waals surface area contributed by atoms with E-state index in [1.807, 2.05) is 11.8 Å². The molecule has 2 nitrogen and oxygen atoms in total. The van der Waals surface area contributed by atoms with Gasteiger partial charge in [-0.05, 0) is 56.6 Å². The highest BCUT2D eigenvalue weighted by molar-refractivity contribution is 7.98. The first-order chi connectivity index (χ1) is 7.74. The quantitative estimate of drug-likeness (QED) is 0.802. The molecule has 0 amide bonds. The molecule has 1 aliphatic carbocycles. The third kappa shape index (κ3) is 3.14. The molecule has 1 heterocycles. The topological polar surface area (TPSA) is 21.3 Å². The van der Waals surface area contributed by atoms with E-state index in [4.69, 9.17) is 4.74 Å². The van der Waals surface area contributed by atoms with Gasteiger partial charge in [0.05, 0.1) is 5.60 Å². The molecule has 0 aromatic carbocycles. The summed E-state index contributed by atoms with van der Waals surface area (Å²) in [5.74, 6) is 2.05. The minimum atomic E-state index is 0.290. The first-order valence-electron chi connectivity index (χ1n) is 6.60. The Hall–Kier alpha value is 0.270. The lowest BCUT2D eigenvalue weighted by atomic mass is 9.74. The monoisotopic (exact) mass is 243 g/mol. The molecule has 2 atom stereocenters. The van der Waals surface area contributed by atoms with Gasteiger partial charge in [-0.1, -0.05) is 6.92 Å². The maximum atomic E-state index is 5.94. The van der Waals surface area contributed by atoms with Gasteiger partial charge in [-0.2, -0.15) is 11.8 Å². The summed E-state index contributed by atoms with van der Waals surface area (Å²) < 4.78 is 5.94. The molecule has 2 rings (SSSR count). The van der Waals surface area contributed by atoms with Crippen LogP contribution in [0, 0.1) is 5.92 Å². The Morgan fingerprint density at radius 2 is 2.31 bits per heavy atom. The Kier molecular flexibility index (Phi) is 4.57. The summed E-state index contributed by atoms with van der Waals surface area (Å²) in [6.45, 7) is 4.47.